The number of rotatable bonds is 8. The van der Waals surface area contributed by atoms with Gasteiger partial charge in [-0.3, -0.25) is 9.62 Å². The summed E-state index contributed by atoms with van der Waals surface area (Å²) >= 11 is 7.33. The molecule has 0 aliphatic carbocycles. The number of benzene rings is 2. The Bertz CT molecular complexity index is 1190. The molecule has 0 unspecified atom stereocenters. The quantitative estimate of drug-likeness (QED) is 0.461. The maximum atomic E-state index is 14.8. The highest BCUT2D eigenvalue weighted by Crippen LogP contribution is 2.34. The molecular formula is C20H18ClF3N4O2S2. The van der Waals surface area contributed by atoms with E-state index in [0.29, 0.717) is 0 Å². The van der Waals surface area contributed by atoms with E-state index >= 15 is 0 Å². The molecule has 2 heterocycles. The zero-order chi connectivity index (χ0) is 22.9. The van der Waals surface area contributed by atoms with E-state index in [-0.39, 0.29) is 35.5 Å². The van der Waals surface area contributed by atoms with Gasteiger partial charge in [0, 0.05) is 18.1 Å². The van der Waals surface area contributed by atoms with Crippen molar-refractivity contribution in [1.29, 1.82) is 0 Å². The van der Waals surface area contributed by atoms with Crippen molar-refractivity contribution in [3.63, 3.8) is 0 Å². The Morgan fingerprint density at radius 1 is 1.22 bits per heavy atom. The van der Waals surface area contributed by atoms with Gasteiger partial charge in [0.1, 0.15) is 10.7 Å². The van der Waals surface area contributed by atoms with Gasteiger partial charge in [-0.1, -0.05) is 41.9 Å². The second-order valence-electron chi connectivity index (χ2n) is 7.34. The van der Waals surface area contributed by atoms with Gasteiger partial charge in [0.25, 0.3) is 15.9 Å². The number of hydrogen-bond donors (Lipinski definition) is 2. The van der Waals surface area contributed by atoms with Crippen LogP contribution in [0.25, 0.3) is 0 Å². The minimum atomic E-state index is -4.24. The van der Waals surface area contributed by atoms with Gasteiger partial charge in [0.15, 0.2) is 5.13 Å². The molecule has 4 rings (SSSR count). The third kappa shape index (κ3) is 5.17. The fourth-order valence-corrected chi connectivity index (χ4v) is 5.55. The minimum Gasteiger partial charge on any atom is -0.376 e. The van der Waals surface area contributed by atoms with Crippen LogP contribution in [0.4, 0.5) is 24.0 Å². The van der Waals surface area contributed by atoms with Crippen molar-refractivity contribution in [2.24, 2.45) is 0 Å². The number of sulfonamides is 1. The number of anilines is 2. The topological polar surface area (TPSA) is 74.3 Å². The van der Waals surface area contributed by atoms with Crippen molar-refractivity contribution >= 4 is 43.8 Å². The second-order valence-corrected chi connectivity index (χ2v) is 10.3. The van der Waals surface area contributed by atoms with Crippen molar-refractivity contribution in [2.45, 2.75) is 16.9 Å². The van der Waals surface area contributed by atoms with Crippen LogP contribution in [0.1, 0.15) is 11.6 Å². The lowest BCUT2D eigenvalue weighted by molar-refractivity contribution is -0.131. The van der Waals surface area contributed by atoms with Gasteiger partial charge in [-0.25, -0.2) is 26.6 Å². The van der Waals surface area contributed by atoms with Crippen LogP contribution < -0.4 is 10.0 Å². The zero-order valence-electron chi connectivity index (χ0n) is 16.4. The monoisotopic (exact) mass is 502 g/mol. The molecule has 0 amide bonds. The Labute approximate surface area is 192 Å². The normalized spacial score (nSPS) is 16.9. The maximum absolute atomic E-state index is 14.8. The van der Waals surface area contributed by atoms with E-state index in [2.05, 4.69) is 15.0 Å². The lowest BCUT2D eigenvalue weighted by Gasteiger charge is -2.41. The van der Waals surface area contributed by atoms with Crippen LogP contribution in [0, 0.1) is 5.82 Å². The lowest BCUT2D eigenvalue weighted by atomic mass is 10.0. The second kappa shape index (κ2) is 8.89. The standard InChI is InChI=1S/C20H18ClF3N4O2S2/c21-14-8-18(32(29,30)27-19-25-6-7-31-19)15(22)9-16(14)26-17(13-4-2-1-3-5-13)10-28-11-20(23,24)12-28/h1-9,17,26H,10-12H2,(H,25,27)/t17-/m1/s1. The molecule has 6 nitrogen and oxygen atoms in total. The van der Waals surface area contributed by atoms with E-state index in [0.717, 1.165) is 29.0 Å². The van der Waals surface area contributed by atoms with Gasteiger partial charge in [-0.05, 0) is 17.7 Å². The summed E-state index contributed by atoms with van der Waals surface area (Å²) < 4.78 is 68.6. The molecule has 1 saturated heterocycles. The van der Waals surface area contributed by atoms with Gasteiger partial charge in [-0.2, -0.15) is 0 Å². The van der Waals surface area contributed by atoms with E-state index in [1.54, 1.807) is 22.4 Å². The average Bonchev–Trinajstić information content (AvgIpc) is 3.21. The summed E-state index contributed by atoms with van der Waals surface area (Å²) in [5.74, 6) is -3.73. The molecule has 170 valence electrons. The van der Waals surface area contributed by atoms with Crippen molar-refractivity contribution in [3.05, 3.63) is 70.4 Å². The largest absolute Gasteiger partial charge is 0.376 e. The number of hydrogen-bond acceptors (Lipinski definition) is 6. The number of nitrogens with zero attached hydrogens (tertiary/aromatic N) is 2. The van der Waals surface area contributed by atoms with E-state index in [4.69, 9.17) is 11.6 Å². The van der Waals surface area contributed by atoms with Gasteiger partial charge in [0.05, 0.1) is 29.8 Å². The maximum Gasteiger partial charge on any atom is 0.272 e. The van der Waals surface area contributed by atoms with E-state index in [1.165, 1.54) is 6.20 Å². The van der Waals surface area contributed by atoms with Crippen molar-refractivity contribution < 1.29 is 21.6 Å². The van der Waals surface area contributed by atoms with Crippen LogP contribution in [-0.4, -0.2) is 43.9 Å². The molecule has 0 saturated carbocycles. The van der Waals surface area contributed by atoms with E-state index in [9.17, 15) is 21.6 Å². The highest BCUT2D eigenvalue weighted by Gasteiger charge is 2.44. The fourth-order valence-electron chi connectivity index (χ4n) is 3.39. The number of nitrogens with one attached hydrogen (secondary N) is 2. The van der Waals surface area contributed by atoms with Gasteiger partial charge in [0.2, 0.25) is 0 Å². The minimum absolute atomic E-state index is 0.0271. The first-order valence-corrected chi connectivity index (χ1v) is 12.2. The highest BCUT2D eigenvalue weighted by atomic mass is 35.5. The molecule has 1 aromatic heterocycles. The summed E-state index contributed by atoms with van der Waals surface area (Å²) in [6.45, 7) is -0.484. The third-order valence-corrected chi connectivity index (χ3v) is 7.33. The van der Waals surface area contributed by atoms with Crippen LogP contribution in [0.5, 0.6) is 0 Å². The molecule has 1 aliphatic rings. The number of halogens is 4. The molecule has 3 aromatic rings. The third-order valence-electron chi connectivity index (χ3n) is 4.85. The van der Waals surface area contributed by atoms with Crippen LogP contribution in [0.2, 0.25) is 5.02 Å². The van der Waals surface area contributed by atoms with Crippen LogP contribution in [0.15, 0.2) is 58.9 Å². The molecule has 12 heteroatoms. The number of thiazole rings is 1. The van der Waals surface area contributed by atoms with Crippen molar-refractivity contribution in [1.82, 2.24) is 9.88 Å². The molecule has 32 heavy (non-hydrogen) atoms. The Balaban J connectivity index is 1.58. The molecule has 0 radical (unpaired) electrons. The van der Waals surface area contributed by atoms with Crippen LogP contribution in [0.3, 0.4) is 0 Å². The smallest absolute Gasteiger partial charge is 0.272 e. The van der Waals surface area contributed by atoms with Crippen LogP contribution in [-0.2, 0) is 10.0 Å². The van der Waals surface area contributed by atoms with E-state index in [1.807, 2.05) is 18.2 Å². The summed E-state index contributed by atoms with van der Waals surface area (Å²) in [6, 6.07) is 10.6. The average molecular weight is 503 g/mol. The summed E-state index contributed by atoms with van der Waals surface area (Å²) in [5.41, 5.74) is 0.944. The summed E-state index contributed by atoms with van der Waals surface area (Å²) in [5, 5.41) is 4.71. The summed E-state index contributed by atoms with van der Waals surface area (Å²) in [4.78, 5) is 4.78. The van der Waals surface area contributed by atoms with Gasteiger partial charge < -0.3 is 5.32 Å². The molecule has 1 atom stereocenters. The van der Waals surface area contributed by atoms with E-state index < -0.39 is 32.7 Å². The Morgan fingerprint density at radius 3 is 2.56 bits per heavy atom. The zero-order valence-corrected chi connectivity index (χ0v) is 18.8. The van der Waals surface area contributed by atoms with Crippen molar-refractivity contribution in [2.75, 3.05) is 29.7 Å². The predicted molar refractivity (Wildman–Crippen MR) is 119 cm³/mol. The number of aromatic nitrogens is 1. The highest BCUT2D eigenvalue weighted by molar-refractivity contribution is 7.93. The van der Waals surface area contributed by atoms with Gasteiger partial charge >= 0.3 is 0 Å². The number of alkyl halides is 2. The fraction of sp³-hybridized carbons (Fsp3) is 0.250. The van der Waals surface area contributed by atoms with Crippen molar-refractivity contribution in [3.8, 4) is 0 Å². The molecule has 2 aromatic carbocycles. The lowest BCUT2D eigenvalue weighted by Crippen LogP contribution is -2.57. The SMILES string of the molecule is O=S(=O)(Nc1nccs1)c1cc(Cl)c(N[C@H](CN2CC(F)(F)C2)c2ccccc2)cc1F. The predicted octanol–water partition coefficient (Wildman–Crippen LogP) is 4.84. The van der Waals surface area contributed by atoms with Crippen LogP contribution >= 0.6 is 22.9 Å². The molecule has 2 N–H and O–H groups in total. The summed E-state index contributed by atoms with van der Waals surface area (Å²) in [6.07, 6.45) is 1.41. The molecular weight excluding hydrogens is 485 g/mol. The Morgan fingerprint density at radius 2 is 1.94 bits per heavy atom. The molecule has 0 spiro atoms. The number of likely N-dealkylation sites (tertiary alicyclic amines) is 1. The van der Waals surface area contributed by atoms with Gasteiger partial charge in [-0.15, -0.1) is 11.3 Å². The molecule has 1 fully saturated rings. The molecule has 1 aliphatic heterocycles. The Hall–Kier alpha value is -2.34. The first kappa shape index (κ1) is 22.8. The molecule has 0 bridgehead atoms. The first-order valence-electron chi connectivity index (χ1n) is 9.46. The summed E-state index contributed by atoms with van der Waals surface area (Å²) in [7, 11) is -4.24. The first-order chi connectivity index (χ1) is 15.1. The Kier molecular flexibility index (Phi) is 6.35.